The molecule has 0 saturated heterocycles. The zero-order chi connectivity index (χ0) is 17.8. The predicted octanol–water partition coefficient (Wildman–Crippen LogP) is 5.75. The fourth-order valence-corrected chi connectivity index (χ4v) is 3.22. The number of para-hydroxylation sites is 2. The van der Waals surface area contributed by atoms with Crippen LogP contribution in [0.3, 0.4) is 0 Å². The molecule has 1 unspecified atom stereocenters. The van der Waals surface area contributed by atoms with Crippen molar-refractivity contribution in [1.82, 2.24) is 0 Å². The molecule has 0 aromatic heterocycles. The number of benzene rings is 3. The number of hydrogen-bond acceptors (Lipinski definition) is 3. The molecule has 0 radical (unpaired) electrons. The van der Waals surface area contributed by atoms with Crippen LogP contribution in [0.25, 0.3) is 0 Å². The van der Waals surface area contributed by atoms with Crippen LogP contribution in [0.4, 0.5) is 17.1 Å². The first-order chi connectivity index (χ1) is 12.8. The van der Waals surface area contributed by atoms with E-state index in [1.807, 2.05) is 18.3 Å². The zero-order valence-electron chi connectivity index (χ0n) is 14.2. The standard InChI is InChI=1S/C22H18BrN3/c23-22-16-24-21(15-25-22)17-11-13-20(14-12-17)26(18-7-3-1-4-8-18)19-9-5-2-6-10-19/h1-15,22H,16H2. The molecule has 3 aromatic rings. The van der Waals surface area contributed by atoms with E-state index in [9.17, 15) is 0 Å². The van der Waals surface area contributed by atoms with E-state index in [0.29, 0.717) is 6.54 Å². The Balaban J connectivity index is 1.70. The molecule has 0 amide bonds. The quantitative estimate of drug-likeness (QED) is 0.402. The maximum atomic E-state index is 4.58. The van der Waals surface area contributed by atoms with Crippen molar-refractivity contribution < 1.29 is 0 Å². The van der Waals surface area contributed by atoms with Crippen LogP contribution in [0.15, 0.2) is 94.9 Å². The van der Waals surface area contributed by atoms with Crippen LogP contribution in [0, 0.1) is 0 Å². The van der Waals surface area contributed by atoms with Crippen LogP contribution in [-0.2, 0) is 0 Å². The lowest BCUT2D eigenvalue weighted by Gasteiger charge is -2.25. The molecule has 1 heterocycles. The van der Waals surface area contributed by atoms with Crippen LogP contribution >= 0.6 is 15.9 Å². The molecular weight excluding hydrogens is 386 g/mol. The van der Waals surface area contributed by atoms with E-state index < -0.39 is 0 Å². The number of halogens is 1. The lowest BCUT2D eigenvalue weighted by atomic mass is 10.1. The third-order valence-corrected chi connectivity index (χ3v) is 4.75. The monoisotopic (exact) mass is 403 g/mol. The van der Waals surface area contributed by atoms with Gasteiger partial charge in [0.15, 0.2) is 0 Å². The second-order valence-electron chi connectivity index (χ2n) is 5.99. The van der Waals surface area contributed by atoms with Gasteiger partial charge in [-0.2, -0.15) is 0 Å². The molecule has 1 aliphatic rings. The number of nitrogens with zero attached hydrogens (tertiary/aromatic N) is 3. The van der Waals surface area contributed by atoms with E-state index >= 15 is 0 Å². The van der Waals surface area contributed by atoms with E-state index in [0.717, 1.165) is 28.3 Å². The number of anilines is 3. The molecule has 1 aliphatic heterocycles. The molecule has 4 rings (SSSR count). The molecular formula is C22H18BrN3. The number of hydrogen-bond donors (Lipinski definition) is 0. The van der Waals surface area contributed by atoms with E-state index in [-0.39, 0.29) is 4.95 Å². The lowest BCUT2D eigenvalue weighted by Crippen LogP contribution is -2.15. The van der Waals surface area contributed by atoms with Crippen molar-refractivity contribution in [1.29, 1.82) is 0 Å². The highest BCUT2D eigenvalue weighted by Gasteiger charge is 2.13. The van der Waals surface area contributed by atoms with Crippen molar-refractivity contribution in [2.45, 2.75) is 4.95 Å². The summed E-state index contributed by atoms with van der Waals surface area (Å²) in [7, 11) is 0. The van der Waals surface area contributed by atoms with Gasteiger partial charge in [-0.15, -0.1) is 0 Å². The van der Waals surface area contributed by atoms with E-state index in [1.54, 1.807) is 0 Å². The summed E-state index contributed by atoms with van der Waals surface area (Å²) in [6.45, 7) is 0.674. The minimum absolute atomic E-state index is 0.0946. The molecule has 128 valence electrons. The summed E-state index contributed by atoms with van der Waals surface area (Å²) in [5, 5.41) is 0. The van der Waals surface area contributed by atoms with Gasteiger partial charge in [0, 0.05) is 28.8 Å². The Morgan fingerprint density at radius 2 is 1.27 bits per heavy atom. The van der Waals surface area contributed by atoms with Crippen molar-refractivity contribution >= 4 is 44.9 Å². The van der Waals surface area contributed by atoms with Crippen molar-refractivity contribution in [2.75, 3.05) is 11.4 Å². The molecule has 0 N–H and O–H groups in total. The summed E-state index contributed by atoms with van der Waals surface area (Å²) in [6, 6.07) is 29.3. The number of rotatable bonds is 4. The summed E-state index contributed by atoms with van der Waals surface area (Å²) in [5.74, 6) is 0. The van der Waals surface area contributed by atoms with Crippen LogP contribution in [0.1, 0.15) is 5.56 Å². The average molecular weight is 404 g/mol. The van der Waals surface area contributed by atoms with Gasteiger partial charge in [0.25, 0.3) is 0 Å². The summed E-state index contributed by atoms with van der Waals surface area (Å²) < 4.78 is 0. The Morgan fingerprint density at radius 1 is 0.731 bits per heavy atom. The van der Waals surface area contributed by atoms with E-state index in [4.69, 9.17) is 0 Å². The molecule has 26 heavy (non-hydrogen) atoms. The molecule has 1 atom stereocenters. The third-order valence-electron chi connectivity index (χ3n) is 4.22. The Bertz CT molecular complexity index is 879. The molecule has 3 nitrogen and oxygen atoms in total. The molecule has 0 spiro atoms. The van der Waals surface area contributed by atoms with Gasteiger partial charge < -0.3 is 4.90 Å². The molecule has 0 bridgehead atoms. The van der Waals surface area contributed by atoms with Crippen LogP contribution in [0.2, 0.25) is 0 Å². The molecule has 0 aliphatic carbocycles. The largest absolute Gasteiger partial charge is 0.311 e. The fourth-order valence-electron chi connectivity index (χ4n) is 2.96. The zero-order valence-corrected chi connectivity index (χ0v) is 15.8. The van der Waals surface area contributed by atoms with Gasteiger partial charge >= 0.3 is 0 Å². The summed E-state index contributed by atoms with van der Waals surface area (Å²) in [6.07, 6.45) is 1.84. The molecule has 0 saturated carbocycles. The van der Waals surface area contributed by atoms with Gasteiger partial charge in [0.2, 0.25) is 0 Å². The second kappa shape index (κ2) is 7.67. The van der Waals surface area contributed by atoms with Crippen LogP contribution < -0.4 is 4.90 Å². The van der Waals surface area contributed by atoms with E-state index in [1.165, 1.54) is 0 Å². The topological polar surface area (TPSA) is 28.0 Å². The van der Waals surface area contributed by atoms with Crippen molar-refractivity contribution in [3.63, 3.8) is 0 Å². The Kier molecular flexibility index (Phi) is 4.93. The Hall–Kier alpha value is -2.72. The van der Waals surface area contributed by atoms with Crippen molar-refractivity contribution in [2.24, 2.45) is 9.98 Å². The Morgan fingerprint density at radius 3 is 1.77 bits per heavy atom. The summed E-state index contributed by atoms with van der Waals surface area (Å²) >= 11 is 3.46. The lowest BCUT2D eigenvalue weighted by molar-refractivity contribution is 0.924. The smallest absolute Gasteiger partial charge is 0.124 e. The SMILES string of the molecule is BrC1CN=C(c2ccc(N(c3ccccc3)c3ccccc3)cc2)C=N1. The first kappa shape index (κ1) is 16.7. The van der Waals surface area contributed by atoms with Crippen molar-refractivity contribution in [3.8, 4) is 0 Å². The van der Waals surface area contributed by atoms with Gasteiger partial charge in [-0.25, -0.2) is 0 Å². The number of aliphatic imine (C=N–C) groups is 2. The minimum atomic E-state index is 0.0946. The van der Waals surface area contributed by atoms with Crippen molar-refractivity contribution in [3.05, 3.63) is 90.5 Å². The van der Waals surface area contributed by atoms with Gasteiger partial charge in [-0.05, 0) is 36.4 Å². The van der Waals surface area contributed by atoms with Gasteiger partial charge in [0.1, 0.15) is 4.95 Å². The maximum absolute atomic E-state index is 4.58. The van der Waals surface area contributed by atoms with Gasteiger partial charge in [-0.1, -0.05) is 64.5 Å². The molecule has 4 heteroatoms. The highest BCUT2D eigenvalue weighted by molar-refractivity contribution is 9.09. The molecule has 3 aromatic carbocycles. The van der Waals surface area contributed by atoms with Gasteiger partial charge in [0.05, 0.1) is 12.3 Å². The third kappa shape index (κ3) is 3.60. The first-order valence-corrected chi connectivity index (χ1v) is 9.45. The first-order valence-electron chi connectivity index (χ1n) is 8.53. The average Bonchev–Trinajstić information content (AvgIpc) is 2.71. The minimum Gasteiger partial charge on any atom is -0.311 e. The van der Waals surface area contributed by atoms with Crippen LogP contribution in [-0.4, -0.2) is 23.4 Å². The normalized spacial score (nSPS) is 16.2. The van der Waals surface area contributed by atoms with E-state index in [2.05, 4.69) is 104 Å². The predicted molar refractivity (Wildman–Crippen MR) is 114 cm³/mol. The van der Waals surface area contributed by atoms with Gasteiger partial charge in [-0.3, -0.25) is 9.98 Å². The highest BCUT2D eigenvalue weighted by atomic mass is 79.9. The molecule has 0 fully saturated rings. The summed E-state index contributed by atoms with van der Waals surface area (Å²) in [5.41, 5.74) is 5.38. The number of alkyl halides is 1. The Labute approximate surface area is 161 Å². The maximum Gasteiger partial charge on any atom is 0.124 e. The van der Waals surface area contributed by atoms with Crippen LogP contribution in [0.5, 0.6) is 0 Å². The fraction of sp³-hybridized carbons (Fsp3) is 0.0909. The second-order valence-corrected chi connectivity index (χ2v) is 7.05. The highest BCUT2D eigenvalue weighted by Crippen LogP contribution is 2.34. The summed E-state index contributed by atoms with van der Waals surface area (Å²) in [4.78, 5) is 11.3.